The minimum Gasteiger partial charge on any atom is -0.478 e. The van der Waals surface area contributed by atoms with Crippen molar-refractivity contribution in [3.8, 4) is 0 Å². The average molecular weight is 402 g/mol. The van der Waals surface area contributed by atoms with Crippen LogP contribution in [0.1, 0.15) is 45.2 Å². The summed E-state index contributed by atoms with van der Waals surface area (Å²) in [7, 11) is -3.30. The Morgan fingerprint density at radius 3 is 2.46 bits per heavy atom. The van der Waals surface area contributed by atoms with E-state index in [1.165, 1.54) is 18.2 Å². The number of carbonyl (C=O) groups excluding carboxylic acids is 1. The van der Waals surface area contributed by atoms with Gasteiger partial charge in [-0.05, 0) is 36.6 Å². The molecule has 1 saturated heterocycles. The topological polar surface area (TPSA) is 104 Å². The van der Waals surface area contributed by atoms with Gasteiger partial charge in [0.25, 0.3) is 5.91 Å². The Kier molecular flexibility index (Phi) is 5.69. The van der Waals surface area contributed by atoms with Crippen molar-refractivity contribution in [3.63, 3.8) is 0 Å². The zero-order valence-electron chi connectivity index (χ0n) is 15.5. The van der Waals surface area contributed by atoms with Gasteiger partial charge in [-0.3, -0.25) is 4.79 Å². The van der Waals surface area contributed by atoms with E-state index in [-0.39, 0.29) is 34.6 Å². The monoisotopic (exact) mass is 402 g/mol. The Bertz CT molecular complexity index is 989. The molecule has 3 rings (SSSR count). The number of likely N-dealkylation sites (tertiary alicyclic amines) is 1. The smallest absolute Gasteiger partial charge is 0.335 e. The molecule has 0 radical (unpaired) electrons. The minimum atomic E-state index is -3.30. The molecule has 1 aliphatic rings. The molecule has 0 bridgehead atoms. The summed E-state index contributed by atoms with van der Waals surface area (Å²) in [5, 5.41) is 12.1. The Balaban J connectivity index is 1.91. The van der Waals surface area contributed by atoms with E-state index in [1.54, 1.807) is 4.90 Å². The zero-order valence-corrected chi connectivity index (χ0v) is 16.3. The second kappa shape index (κ2) is 8.02. The summed E-state index contributed by atoms with van der Waals surface area (Å²) < 4.78 is 22.8. The predicted octanol–water partition coefficient (Wildman–Crippen LogP) is 2.78. The van der Waals surface area contributed by atoms with Crippen LogP contribution in [0.5, 0.6) is 0 Å². The number of nitrogens with zero attached hydrogens (tertiary/aromatic N) is 1. The highest BCUT2D eigenvalue weighted by atomic mass is 32.2. The maximum absolute atomic E-state index is 13.1. The Hall–Kier alpha value is -2.87. The number of carboxylic acid groups (broad SMARTS) is 1. The molecule has 1 unspecified atom stereocenters. The van der Waals surface area contributed by atoms with Crippen molar-refractivity contribution in [2.24, 2.45) is 0 Å². The molecule has 1 aliphatic heterocycles. The molecule has 1 fully saturated rings. The average Bonchev–Trinajstić information content (AvgIpc) is 3.15. The number of benzene rings is 2. The summed E-state index contributed by atoms with van der Waals surface area (Å²) in [4.78, 5) is 26.4. The van der Waals surface area contributed by atoms with E-state index in [9.17, 15) is 23.1 Å². The normalized spacial score (nSPS) is 16.8. The van der Waals surface area contributed by atoms with E-state index in [1.807, 2.05) is 30.3 Å². The molecule has 1 heterocycles. The minimum absolute atomic E-state index is 0.0605. The molecule has 8 heteroatoms. The summed E-state index contributed by atoms with van der Waals surface area (Å²) in [5.74, 6) is -1.80. The molecule has 2 aromatic rings. The van der Waals surface area contributed by atoms with Gasteiger partial charge in [0.15, 0.2) is 9.84 Å². The third kappa shape index (κ3) is 4.69. The Morgan fingerprint density at radius 2 is 1.82 bits per heavy atom. The van der Waals surface area contributed by atoms with Gasteiger partial charge in [0.05, 0.1) is 11.6 Å². The van der Waals surface area contributed by atoms with Crippen LogP contribution in [0, 0.1) is 0 Å². The Labute approximate surface area is 163 Å². The van der Waals surface area contributed by atoms with Crippen LogP contribution >= 0.6 is 0 Å². The predicted molar refractivity (Wildman–Crippen MR) is 106 cm³/mol. The van der Waals surface area contributed by atoms with Crippen LogP contribution in [0.25, 0.3) is 0 Å². The van der Waals surface area contributed by atoms with Crippen LogP contribution in [0.4, 0.5) is 5.69 Å². The lowest BCUT2D eigenvalue weighted by Gasteiger charge is -2.25. The molecule has 28 heavy (non-hydrogen) atoms. The van der Waals surface area contributed by atoms with Crippen molar-refractivity contribution in [2.75, 3.05) is 24.0 Å². The number of carboxylic acids is 1. The zero-order chi connectivity index (χ0) is 20.3. The maximum atomic E-state index is 13.1. The van der Waals surface area contributed by atoms with Crippen molar-refractivity contribution in [2.45, 2.75) is 18.9 Å². The van der Waals surface area contributed by atoms with E-state index < -0.39 is 15.8 Å². The number of rotatable bonds is 6. The third-order valence-corrected chi connectivity index (χ3v) is 5.33. The number of hydrogen-bond acceptors (Lipinski definition) is 5. The molecular formula is C20H22N2O5S. The summed E-state index contributed by atoms with van der Waals surface area (Å²) in [6.45, 7) is 0.585. The first-order valence-corrected chi connectivity index (χ1v) is 11.0. The van der Waals surface area contributed by atoms with Crippen molar-refractivity contribution >= 4 is 27.4 Å². The lowest BCUT2D eigenvalue weighted by molar-refractivity contribution is 0.0697. The summed E-state index contributed by atoms with van der Waals surface area (Å²) in [6.07, 6.45) is 2.78. The van der Waals surface area contributed by atoms with Gasteiger partial charge in [0.1, 0.15) is 5.88 Å². The lowest BCUT2D eigenvalue weighted by atomic mass is 10.0. The number of nitrogens with one attached hydrogen (secondary N) is 1. The van der Waals surface area contributed by atoms with Crippen molar-refractivity contribution in [3.05, 3.63) is 65.2 Å². The highest BCUT2D eigenvalue weighted by Gasteiger charge is 2.31. The van der Waals surface area contributed by atoms with E-state index in [4.69, 9.17) is 0 Å². The molecule has 2 N–H and O–H groups in total. The fourth-order valence-corrected chi connectivity index (χ4v) is 3.82. The van der Waals surface area contributed by atoms with Crippen LogP contribution in [0.3, 0.4) is 0 Å². The third-order valence-electron chi connectivity index (χ3n) is 4.66. The second-order valence-corrected chi connectivity index (χ2v) is 9.06. The maximum Gasteiger partial charge on any atom is 0.335 e. The lowest BCUT2D eigenvalue weighted by Crippen LogP contribution is -2.30. The number of hydrogen-bond donors (Lipinski definition) is 2. The van der Waals surface area contributed by atoms with Crippen LogP contribution in [-0.2, 0) is 9.84 Å². The number of amides is 1. The van der Waals surface area contributed by atoms with Crippen LogP contribution in [0.2, 0.25) is 0 Å². The molecule has 2 aromatic carbocycles. The van der Waals surface area contributed by atoms with Crippen LogP contribution in [-0.4, -0.2) is 49.0 Å². The molecule has 0 aliphatic carbocycles. The molecule has 1 amide bonds. The largest absolute Gasteiger partial charge is 0.478 e. The highest BCUT2D eigenvalue weighted by molar-refractivity contribution is 7.90. The number of sulfone groups is 1. The van der Waals surface area contributed by atoms with Crippen molar-refractivity contribution in [1.82, 2.24) is 4.90 Å². The van der Waals surface area contributed by atoms with Gasteiger partial charge in [-0.2, -0.15) is 0 Å². The molecule has 0 spiro atoms. The van der Waals surface area contributed by atoms with Crippen molar-refractivity contribution < 1.29 is 23.1 Å². The van der Waals surface area contributed by atoms with Crippen LogP contribution in [0.15, 0.2) is 48.5 Å². The summed E-state index contributed by atoms with van der Waals surface area (Å²) >= 11 is 0. The molecule has 0 saturated carbocycles. The molecular weight excluding hydrogens is 380 g/mol. The fraction of sp³-hybridized carbons (Fsp3) is 0.300. The first-order valence-electron chi connectivity index (χ1n) is 8.90. The molecule has 1 atom stereocenters. The Morgan fingerprint density at radius 1 is 1.14 bits per heavy atom. The molecule has 7 nitrogen and oxygen atoms in total. The van der Waals surface area contributed by atoms with Gasteiger partial charge in [-0.15, -0.1) is 0 Å². The molecule has 0 aromatic heterocycles. The van der Waals surface area contributed by atoms with E-state index in [2.05, 4.69) is 5.32 Å². The molecule has 148 valence electrons. The SMILES string of the molecule is CS(=O)(=O)CNc1cc(C(=O)O)cc(C(=O)N2CCCC2c2ccccc2)c1. The van der Waals surface area contributed by atoms with E-state index >= 15 is 0 Å². The van der Waals surface area contributed by atoms with Gasteiger partial charge >= 0.3 is 5.97 Å². The fourth-order valence-electron chi connectivity index (χ4n) is 3.39. The van der Waals surface area contributed by atoms with Gasteiger partial charge in [-0.25, -0.2) is 13.2 Å². The van der Waals surface area contributed by atoms with Crippen LogP contribution < -0.4 is 5.32 Å². The van der Waals surface area contributed by atoms with Gasteiger partial charge < -0.3 is 15.3 Å². The quantitative estimate of drug-likeness (QED) is 0.770. The van der Waals surface area contributed by atoms with E-state index in [0.717, 1.165) is 24.7 Å². The first-order chi connectivity index (χ1) is 13.2. The highest BCUT2D eigenvalue weighted by Crippen LogP contribution is 2.33. The summed E-state index contributed by atoms with van der Waals surface area (Å²) in [6, 6.07) is 13.8. The van der Waals surface area contributed by atoms with Crippen molar-refractivity contribution in [1.29, 1.82) is 0 Å². The number of aromatic carboxylic acids is 1. The number of carbonyl (C=O) groups is 2. The second-order valence-electron chi connectivity index (χ2n) is 6.92. The first kappa shape index (κ1) is 19.9. The standard InChI is InChI=1S/C20H22N2O5S/c1-28(26,27)13-21-17-11-15(10-16(12-17)20(24)25)19(23)22-9-5-8-18(22)14-6-3-2-4-7-14/h2-4,6-7,10-12,18,21H,5,8-9,13H2,1H3,(H,24,25). The van der Waals surface area contributed by atoms with E-state index in [0.29, 0.717) is 6.54 Å². The van der Waals surface area contributed by atoms with Gasteiger partial charge in [0.2, 0.25) is 0 Å². The van der Waals surface area contributed by atoms with Gasteiger partial charge in [-0.1, -0.05) is 30.3 Å². The summed E-state index contributed by atoms with van der Waals surface area (Å²) in [5.41, 5.74) is 1.47. The van der Waals surface area contributed by atoms with Gasteiger partial charge in [0, 0.05) is 24.1 Å². The number of anilines is 1.